The second-order valence-electron chi connectivity index (χ2n) is 7.76. The predicted molar refractivity (Wildman–Crippen MR) is 111 cm³/mol. The molecule has 2 saturated heterocycles. The monoisotopic (exact) mass is 426 g/mol. The zero-order valence-corrected chi connectivity index (χ0v) is 17.7. The average molecular weight is 427 g/mol. The molecule has 2 heterocycles. The highest BCUT2D eigenvalue weighted by Gasteiger charge is 2.30. The third-order valence-corrected chi connectivity index (χ3v) is 7.51. The van der Waals surface area contributed by atoms with Crippen LogP contribution in [-0.4, -0.2) is 75.0 Å². The van der Waals surface area contributed by atoms with Gasteiger partial charge in [-0.2, -0.15) is 4.31 Å². The van der Waals surface area contributed by atoms with Crippen molar-refractivity contribution in [3.63, 3.8) is 0 Å². The summed E-state index contributed by atoms with van der Waals surface area (Å²) < 4.78 is 32.5. The summed E-state index contributed by atoms with van der Waals surface area (Å²) >= 11 is 0. The first-order chi connectivity index (χ1) is 13.9. The number of hydrogen-bond acceptors (Lipinski definition) is 7. The summed E-state index contributed by atoms with van der Waals surface area (Å²) in [6.07, 6.45) is 2.46. The maximum Gasteiger partial charge on any atom is 0.293 e. The van der Waals surface area contributed by atoms with Gasteiger partial charge in [-0.15, -0.1) is 0 Å². The van der Waals surface area contributed by atoms with Crippen molar-refractivity contribution in [2.45, 2.75) is 31.1 Å². The maximum absolute atomic E-state index is 12.9. The van der Waals surface area contributed by atoms with Crippen molar-refractivity contribution in [1.29, 1.82) is 0 Å². The van der Waals surface area contributed by atoms with Crippen LogP contribution < -0.4 is 5.32 Å². The van der Waals surface area contributed by atoms with Crippen LogP contribution in [0.25, 0.3) is 0 Å². The van der Waals surface area contributed by atoms with E-state index in [0.717, 1.165) is 52.1 Å². The van der Waals surface area contributed by atoms with E-state index >= 15 is 0 Å². The number of nitro groups is 1. The third kappa shape index (κ3) is 5.65. The molecule has 29 heavy (non-hydrogen) atoms. The van der Waals surface area contributed by atoms with Gasteiger partial charge < -0.3 is 10.1 Å². The Hall–Kier alpha value is -1.75. The zero-order chi connectivity index (χ0) is 20.9. The van der Waals surface area contributed by atoms with Crippen molar-refractivity contribution in [3.05, 3.63) is 28.3 Å². The van der Waals surface area contributed by atoms with Gasteiger partial charge in [0.15, 0.2) is 0 Å². The number of sulfonamides is 1. The molecule has 9 nitrogen and oxygen atoms in total. The fraction of sp³-hybridized carbons (Fsp3) is 0.684. The van der Waals surface area contributed by atoms with Crippen LogP contribution in [0.15, 0.2) is 23.1 Å². The van der Waals surface area contributed by atoms with Crippen LogP contribution in [0.2, 0.25) is 0 Å². The molecule has 10 heteroatoms. The van der Waals surface area contributed by atoms with E-state index in [-0.39, 0.29) is 10.6 Å². The number of hydrogen-bond donors (Lipinski definition) is 1. The van der Waals surface area contributed by atoms with Gasteiger partial charge in [-0.25, -0.2) is 8.42 Å². The lowest BCUT2D eigenvalue weighted by Crippen LogP contribution is -2.37. The van der Waals surface area contributed by atoms with Gasteiger partial charge in [0, 0.05) is 38.8 Å². The van der Waals surface area contributed by atoms with Crippen LogP contribution in [0.4, 0.5) is 11.4 Å². The molecule has 0 aliphatic carbocycles. The molecule has 0 atom stereocenters. The first kappa shape index (κ1) is 21.9. The Balaban J connectivity index is 1.64. The molecule has 0 amide bonds. The summed E-state index contributed by atoms with van der Waals surface area (Å²) in [5.74, 6) is 0.500. The minimum absolute atomic E-state index is 0.0161. The van der Waals surface area contributed by atoms with E-state index in [2.05, 4.69) is 17.1 Å². The molecule has 1 aromatic carbocycles. The zero-order valence-electron chi connectivity index (χ0n) is 16.9. The number of benzene rings is 1. The number of nitrogens with zero attached hydrogens (tertiary/aromatic N) is 3. The third-order valence-electron chi connectivity index (χ3n) is 5.62. The molecule has 0 radical (unpaired) electrons. The molecular formula is C19H30N4O5S. The number of nitrogens with one attached hydrogen (secondary N) is 1. The molecule has 0 spiro atoms. The number of rotatable bonds is 8. The summed E-state index contributed by atoms with van der Waals surface area (Å²) in [6, 6.07) is 4.15. The molecular weight excluding hydrogens is 396 g/mol. The van der Waals surface area contributed by atoms with E-state index < -0.39 is 14.9 Å². The van der Waals surface area contributed by atoms with Crippen LogP contribution in [0, 0.1) is 16.0 Å². The largest absolute Gasteiger partial charge is 0.379 e. The van der Waals surface area contributed by atoms with Gasteiger partial charge in [-0.05, 0) is 43.9 Å². The smallest absolute Gasteiger partial charge is 0.293 e. The number of piperidine rings is 1. The predicted octanol–water partition coefficient (Wildman–Crippen LogP) is 2.15. The van der Waals surface area contributed by atoms with E-state index in [0.29, 0.717) is 31.2 Å². The molecule has 2 aliphatic heterocycles. The van der Waals surface area contributed by atoms with E-state index in [9.17, 15) is 18.5 Å². The molecule has 1 N–H and O–H groups in total. The number of nitro benzene ring substituents is 1. The van der Waals surface area contributed by atoms with E-state index in [1.807, 2.05) is 0 Å². The van der Waals surface area contributed by atoms with E-state index in [1.54, 1.807) is 0 Å². The van der Waals surface area contributed by atoms with Crippen LogP contribution in [0.3, 0.4) is 0 Å². The second-order valence-corrected chi connectivity index (χ2v) is 9.69. The Bertz CT molecular complexity index is 803. The summed E-state index contributed by atoms with van der Waals surface area (Å²) in [4.78, 5) is 13.3. The lowest BCUT2D eigenvalue weighted by molar-refractivity contribution is -0.384. The summed E-state index contributed by atoms with van der Waals surface area (Å²) in [7, 11) is -3.72. The normalized spacial score (nSPS) is 19.9. The van der Waals surface area contributed by atoms with Crippen molar-refractivity contribution in [3.8, 4) is 0 Å². The van der Waals surface area contributed by atoms with Crippen LogP contribution in [0.5, 0.6) is 0 Å². The minimum Gasteiger partial charge on any atom is -0.379 e. The number of ether oxygens (including phenoxy) is 1. The van der Waals surface area contributed by atoms with Crippen molar-refractivity contribution >= 4 is 21.4 Å². The first-order valence-electron chi connectivity index (χ1n) is 10.2. The van der Waals surface area contributed by atoms with Crippen molar-refractivity contribution < 1.29 is 18.1 Å². The topological polar surface area (TPSA) is 105 Å². The Kier molecular flexibility index (Phi) is 7.44. The number of morpholine rings is 1. The summed E-state index contributed by atoms with van der Waals surface area (Å²) in [5.41, 5.74) is 0.144. The molecule has 0 bridgehead atoms. The van der Waals surface area contributed by atoms with Gasteiger partial charge in [0.05, 0.1) is 23.0 Å². The fourth-order valence-corrected chi connectivity index (χ4v) is 5.19. The average Bonchev–Trinajstić information content (AvgIpc) is 2.72. The van der Waals surface area contributed by atoms with Crippen molar-refractivity contribution in [2.75, 3.05) is 57.8 Å². The first-order valence-corrected chi connectivity index (χ1v) is 11.6. The van der Waals surface area contributed by atoms with E-state index in [4.69, 9.17) is 4.74 Å². The molecule has 0 saturated carbocycles. The maximum atomic E-state index is 12.9. The lowest BCUT2D eigenvalue weighted by atomic mass is 10.0. The van der Waals surface area contributed by atoms with Gasteiger partial charge in [0.1, 0.15) is 5.69 Å². The van der Waals surface area contributed by atoms with Crippen LogP contribution in [0.1, 0.15) is 26.2 Å². The van der Waals surface area contributed by atoms with Gasteiger partial charge >= 0.3 is 0 Å². The van der Waals surface area contributed by atoms with Gasteiger partial charge in [-0.3, -0.25) is 15.0 Å². The van der Waals surface area contributed by atoms with Crippen molar-refractivity contribution in [2.24, 2.45) is 5.92 Å². The second kappa shape index (κ2) is 9.84. The molecule has 162 valence electrons. The molecule has 1 aromatic rings. The molecule has 2 aliphatic rings. The molecule has 0 aromatic heterocycles. The lowest BCUT2D eigenvalue weighted by Gasteiger charge is -2.29. The SMILES string of the molecule is CC1CCN(S(=O)(=O)c2ccc(NCCCN3CCOCC3)c([N+](=O)[O-])c2)CC1. The van der Waals surface area contributed by atoms with Crippen LogP contribution >= 0.6 is 0 Å². The summed E-state index contributed by atoms with van der Waals surface area (Å²) in [5, 5.41) is 14.6. The highest BCUT2D eigenvalue weighted by atomic mass is 32.2. The van der Waals surface area contributed by atoms with Gasteiger partial charge in [0.2, 0.25) is 10.0 Å². The Morgan fingerprint density at radius 3 is 2.55 bits per heavy atom. The fourth-order valence-electron chi connectivity index (χ4n) is 3.70. The minimum atomic E-state index is -3.72. The molecule has 3 rings (SSSR count). The Labute approximate surface area is 172 Å². The highest BCUT2D eigenvalue weighted by Crippen LogP contribution is 2.30. The Morgan fingerprint density at radius 1 is 1.21 bits per heavy atom. The quantitative estimate of drug-likeness (QED) is 0.386. The number of anilines is 1. The van der Waals surface area contributed by atoms with Gasteiger partial charge in [0.25, 0.3) is 5.69 Å². The Morgan fingerprint density at radius 2 is 1.90 bits per heavy atom. The molecule has 0 unspecified atom stereocenters. The van der Waals surface area contributed by atoms with Crippen molar-refractivity contribution in [1.82, 2.24) is 9.21 Å². The molecule has 2 fully saturated rings. The standard InChI is InChI=1S/C19H30N4O5S/c1-16-5-9-22(10-6-16)29(26,27)17-3-4-18(19(15-17)23(24)25)20-7-2-8-21-11-13-28-14-12-21/h3-4,15-16,20H,2,5-14H2,1H3. The van der Waals surface area contributed by atoms with E-state index in [1.165, 1.54) is 22.5 Å². The van der Waals surface area contributed by atoms with Gasteiger partial charge in [-0.1, -0.05) is 6.92 Å². The highest BCUT2D eigenvalue weighted by molar-refractivity contribution is 7.89. The van der Waals surface area contributed by atoms with Crippen LogP contribution in [-0.2, 0) is 14.8 Å². The summed E-state index contributed by atoms with van der Waals surface area (Å²) in [6.45, 7) is 7.78.